The van der Waals surface area contributed by atoms with E-state index in [1.807, 2.05) is 42.2 Å². The Labute approximate surface area is 268 Å². The number of carbonyl (C=O) groups excluding carboxylic acids is 2. The molecule has 5 atom stereocenters. The first-order chi connectivity index (χ1) is 20.4. The standard InChI is InChI=1S/C31H27Cl4N3O5/c1-30(43-14-16-6-4-3-5-7-16)13-23-24(27(39)37(2)20-9-17(32)8-18(33)10-20)25(28(40)41)31(38(23)15-30)21-11-19(34)12-22(35)26(21)36-29(31)42/h3-12,23-25H,13-15H2,1-2H3,(H,36,42)(H,40,41)/t23-,24?,25+,30+,31+/m1/s1. The van der Waals surface area contributed by atoms with Gasteiger partial charge in [0.05, 0.1) is 28.8 Å². The predicted octanol–water partition coefficient (Wildman–Crippen LogP) is 6.49. The van der Waals surface area contributed by atoms with E-state index >= 15 is 0 Å². The van der Waals surface area contributed by atoms with Crippen LogP contribution in [0.25, 0.3) is 0 Å². The number of ether oxygens (including phenoxy) is 1. The molecule has 2 saturated heterocycles. The highest BCUT2D eigenvalue weighted by molar-refractivity contribution is 6.38. The summed E-state index contributed by atoms with van der Waals surface area (Å²) in [6, 6.07) is 16.7. The van der Waals surface area contributed by atoms with Crippen LogP contribution in [0.15, 0.2) is 60.7 Å². The number of carboxylic acid groups (broad SMARTS) is 1. The van der Waals surface area contributed by atoms with Crippen molar-refractivity contribution in [1.82, 2.24) is 4.90 Å². The molecule has 3 aromatic rings. The molecule has 3 aliphatic heterocycles. The van der Waals surface area contributed by atoms with E-state index in [-0.39, 0.29) is 22.3 Å². The second-order valence-corrected chi connectivity index (χ2v) is 13.2. The van der Waals surface area contributed by atoms with E-state index in [1.165, 1.54) is 24.1 Å². The number of nitrogens with one attached hydrogen (secondary N) is 1. The van der Waals surface area contributed by atoms with Crippen LogP contribution in [0.2, 0.25) is 20.1 Å². The average Bonchev–Trinajstić information content (AvgIpc) is 3.53. The van der Waals surface area contributed by atoms with Gasteiger partial charge in [0.15, 0.2) is 0 Å². The zero-order valence-electron chi connectivity index (χ0n) is 23.1. The summed E-state index contributed by atoms with van der Waals surface area (Å²) < 4.78 is 6.45. The summed E-state index contributed by atoms with van der Waals surface area (Å²) in [5.74, 6) is -5.01. The molecule has 8 nitrogen and oxygen atoms in total. The normalized spacial score (nSPS) is 27.7. The first kappa shape index (κ1) is 30.2. The summed E-state index contributed by atoms with van der Waals surface area (Å²) in [5.41, 5.74) is -0.643. The maximum absolute atomic E-state index is 14.4. The van der Waals surface area contributed by atoms with Crippen molar-refractivity contribution in [2.24, 2.45) is 11.8 Å². The maximum atomic E-state index is 14.4. The number of anilines is 2. The summed E-state index contributed by atoms with van der Waals surface area (Å²) in [5, 5.41) is 14.7. The molecule has 0 radical (unpaired) electrons. The van der Waals surface area contributed by atoms with Crippen molar-refractivity contribution in [3.8, 4) is 0 Å². The Morgan fingerprint density at radius 3 is 2.35 bits per heavy atom. The van der Waals surface area contributed by atoms with E-state index in [0.29, 0.717) is 34.3 Å². The fourth-order valence-corrected chi connectivity index (χ4v) is 8.10. The molecule has 3 aromatic carbocycles. The monoisotopic (exact) mass is 661 g/mol. The number of aliphatic carboxylic acids is 1. The molecule has 2 N–H and O–H groups in total. The van der Waals surface area contributed by atoms with Crippen LogP contribution in [0, 0.1) is 11.8 Å². The van der Waals surface area contributed by atoms with Crippen molar-refractivity contribution in [1.29, 1.82) is 0 Å². The number of nitrogens with zero attached hydrogens (tertiary/aromatic N) is 2. The van der Waals surface area contributed by atoms with E-state index in [2.05, 4.69) is 5.32 Å². The van der Waals surface area contributed by atoms with Crippen LogP contribution in [0.4, 0.5) is 11.4 Å². The molecule has 6 rings (SSSR count). The lowest BCUT2D eigenvalue weighted by Gasteiger charge is -2.37. The van der Waals surface area contributed by atoms with Crippen molar-refractivity contribution in [3.05, 3.63) is 91.9 Å². The van der Waals surface area contributed by atoms with Gasteiger partial charge in [-0.2, -0.15) is 0 Å². The molecular weight excluding hydrogens is 636 g/mol. The van der Waals surface area contributed by atoms with Gasteiger partial charge in [0.1, 0.15) is 11.5 Å². The first-order valence-corrected chi connectivity index (χ1v) is 15.1. The molecule has 0 bridgehead atoms. The van der Waals surface area contributed by atoms with Gasteiger partial charge in [-0.05, 0) is 49.2 Å². The van der Waals surface area contributed by atoms with Crippen LogP contribution in [0.3, 0.4) is 0 Å². The molecule has 224 valence electrons. The van der Waals surface area contributed by atoms with Crippen molar-refractivity contribution >= 4 is 75.6 Å². The van der Waals surface area contributed by atoms with Gasteiger partial charge in [-0.3, -0.25) is 19.3 Å². The minimum absolute atomic E-state index is 0.177. The zero-order valence-corrected chi connectivity index (χ0v) is 26.1. The highest BCUT2D eigenvalue weighted by Crippen LogP contribution is 2.61. The molecule has 43 heavy (non-hydrogen) atoms. The van der Waals surface area contributed by atoms with Crippen LogP contribution in [0.1, 0.15) is 24.5 Å². The Kier molecular flexibility index (Phi) is 7.68. The van der Waals surface area contributed by atoms with E-state index in [0.717, 1.165) is 5.56 Å². The number of halogens is 4. The second kappa shape index (κ2) is 10.9. The molecule has 1 unspecified atom stereocenters. The quantitative estimate of drug-likeness (QED) is 0.313. The molecule has 2 amide bonds. The van der Waals surface area contributed by atoms with Gasteiger partial charge in [0, 0.05) is 46.0 Å². The number of hydrogen-bond acceptors (Lipinski definition) is 5. The number of carboxylic acids is 1. The average molecular weight is 663 g/mol. The molecule has 2 fully saturated rings. The summed E-state index contributed by atoms with van der Waals surface area (Å²) in [6.45, 7) is 2.40. The Hall–Kier alpha value is -2.85. The van der Waals surface area contributed by atoms with E-state index in [1.54, 1.807) is 18.2 Å². The van der Waals surface area contributed by atoms with Crippen molar-refractivity contribution in [2.45, 2.75) is 37.1 Å². The summed E-state index contributed by atoms with van der Waals surface area (Å²) in [6.07, 6.45) is 0.294. The molecule has 3 heterocycles. The largest absolute Gasteiger partial charge is 0.481 e. The highest BCUT2D eigenvalue weighted by Gasteiger charge is 2.74. The predicted molar refractivity (Wildman–Crippen MR) is 166 cm³/mol. The Morgan fingerprint density at radius 1 is 1.05 bits per heavy atom. The topological polar surface area (TPSA) is 99.2 Å². The van der Waals surface area contributed by atoms with Gasteiger partial charge < -0.3 is 20.1 Å². The fourth-order valence-electron chi connectivity index (χ4n) is 7.05. The van der Waals surface area contributed by atoms with Crippen LogP contribution in [-0.4, -0.2) is 53.0 Å². The summed E-state index contributed by atoms with van der Waals surface area (Å²) in [7, 11) is 1.54. The van der Waals surface area contributed by atoms with Crippen molar-refractivity contribution in [2.75, 3.05) is 23.8 Å². The Balaban J connectivity index is 1.48. The molecular formula is C31H27Cl4N3O5. The van der Waals surface area contributed by atoms with Crippen LogP contribution in [-0.2, 0) is 31.3 Å². The van der Waals surface area contributed by atoms with E-state index < -0.39 is 46.8 Å². The zero-order chi connectivity index (χ0) is 30.8. The smallest absolute Gasteiger partial charge is 0.310 e. The molecule has 3 aliphatic rings. The maximum Gasteiger partial charge on any atom is 0.310 e. The van der Waals surface area contributed by atoms with Gasteiger partial charge in [0.25, 0.3) is 5.91 Å². The molecule has 12 heteroatoms. The molecule has 0 saturated carbocycles. The third-order valence-corrected chi connectivity index (χ3v) is 9.77. The number of rotatable bonds is 6. The highest BCUT2D eigenvalue weighted by atomic mass is 35.5. The summed E-state index contributed by atoms with van der Waals surface area (Å²) in [4.78, 5) is 45.0. The lowest BCUT2D eigenvalue weighted by Crippen LogP contribution is -2.55. The minimum Gasteiger partial charge on any atom is -0.481 e. The second-order valence-electron chi connectivity index (χ2n) is 11.5. The number of amides is 2. The van der Waals surface area contributed by atoms with Gasteiger partial charge in [0.2, 0.25) is 5.91 Å². The van der Waals surface area contributed by atoms with E-state index in [4.69, 9.17) is 51.1 Å². The molecule has 0 aliphatic carbocycles. The number of benzene rings is 3. The fraction of sp³-hybridized carbons (Fsp3) is 0.323. The van der Waals surface area contributed by atoms with Crippen molar-refractivity contribution in [3.63, 3.8) is 0 Å². The molecule has 0 aromatic heterocycles. The van der Waals surface area contributed by atoms with Gasteiger partial charge >= 0.3 is 5.97 Å². The summed E-state index contributed by atoms with van der Waals surface area (Å²) >= 11 is 25.4. The first-order valence-electron chi connectivity index (χ1n) is 13.6. The van der Waals surface area contributed by atoms with Gasteiger partial charge in [-0.25, -0.2) is 0 Å². The number of fused-ring (bicyclic) bond motifs is 4. The lowest BCUT2D eigenvalue weighted by atomic mass is 9.73. The van der Waals surface area contributed by atoms with Crippen LogP contribution < -0.4 is 10.2 Å². The third kappa shape index (κ3) is 4.89. The van der Waals surface area contributed by atoms with Crippen LogP contribution in [0.5, 0.6) is 0 Å². The van der Waals surface area contributed by atoms with E-state index in [9.17, 15) is 19.5 Å². The SMILES string of the molecule is CN(C(=O)C1[C@H]2C[C@](C)(OCc3ccccc3)CN2[C@]2(C(=O)Nc3c(Cl)cc(Cl)cc32)[C@@H]1C(=O)O)c1cc(Cl)cc(Cl)c1. The third-order valence-electron chi connectivity index (χ3n) is 8.82. The Morgan fingerprint density at radius 2 is 1.70 bits per heavy atom. The number of carbonyl (C=O) groups is 3. The minimum atomic E-state index is -1.78. The number of hydrogen-bond donors (Lipinski definition) is 2. The van der Waals surface area contributed by atoms with Crippen molar-refractivity contribution < 1.29 is 24.2 Å². The lowest BCUT2D eigenvalue weighted by molar-refractivity contribution is -0.153. The van der Waals surface area contributed by atoms with Gasteiger partial charge in [-0.1, -0.05) is 76.7 Å². The Bertz CT molecular complexity index is 1640. The van der Waals surface area contributed by atoms with Crippen LogP contribution >= 0.6 is 46.4 Å². The molecule has 1 spiro atoms. The van der Waals surface area contributed by atoms with Gasteiger partial charge in [-0.15, -0.1) is 0 Å².